The molecule has 0 bridgehead atoms. The number of hydrogen-bond acceptors (Lipinski definition) is 2. The Labute approximate surface area is 106 Å². The highest BCUT2D eigenvalue weighted by molar-refractivity contribution is 5.42. The normalized spacial score (nSPS) is 10.8. The number of aromatic nitrogens is 2. The lowest BCUT2D eigenvalue weighted by Crippen LogP contribution is -2.22. The monoisotopic (exact) mass is 246 g/mol. The van der Waals surface area contributed by atoms with Crippen molar-refractivity contribution in [3.05, 3.63) is 52.2 Å². The van der Waals surface area contributed by atoms with Gasteiger partial charge in [0.2, 0.25) is 0 Å². The second-order valence-electron chi connectivity index (χ2n) is 4.46. The molecule has 0 saturated heterocycles. The van der Waals surface area contributed by atoms with Gasteiger partial charge >= 0.3 is 5.69 Å². The summed E-state index contributed by atoms with van der Waals surface area (Å²) in [5.41, 5.74) is 2.87. The number of imidazole rings is 1. The molecule has 0 unspecified atom stereocenters. The first-order valence-electron chi connectivity index (χ1n) is 6.09. The number of nitrogens with zero attached hydrogens (tertiary/aromatic N) is 2. The molecule has 0 saturated carbocycles. The Bertz CT molecular complexity index is 596. The first kappa shape index (κ1) is 12.6. The van der Waals surface area contributed by atoms with Crippen molar-refractivity contribution in [3.8, 4) is 5.69 Å². The molecule has 4 heteroatoms. The van der Waals surface area contributed by atoms with Crippen LogP contribution in [0.15, 0.2) is 35.3 Å². The summed E-state index contributed by atoms with van der Waals surface area (Å²) in [5.74, 6) is 0. The molecule has 1 aromatic heterocycles. The van der Waals surface area contributed by atoms with E-state index < -0.39 is 0 Å². The van der Waals surface area contributed by atoms with Crippen LogP contribution in [-0.4, -0.2) is 20.8 Å². The van der Waals surface area contributed by atoms with Gasteiger partial charge in [0.25, 0.3) is 0 Å². The predicted octanol–water partition coefficient (Wildman–Crippen LogP) is 1.41. The first-order valence-corrected chi connectivity index (χ1v) is 6.09. The highest BCUT2D eigenvalue weighted by Crippen LogP contribution is 2.16. The third-order valence-electron chi connectivity index (χ3n) is 3.06. The van der Waals surface area contributed by atoms with Gasteiger partial charge in [-0.1, -0.05) is 18.2 Å². The summed E-state index contributed by atoms with van der Waals surface area (Å²) in [4.78, 5) is 12.1. The van der Waals surface area contributed by atoms with Gasteiger partial charge in [0.05, 0.1) is 5.69 Å². The highest BCUT2D eigenvalue weighted by Gasteiger charge is 2.10. The van der Waals surface area contributed by atoms with Crippen molar-refractivity contribution in [1.82, 2.24) is 9.13 Å². The quantitative estimate of drug-likeness (QED) is 0.886. The highest BCUT2D eigenvalue weighted by atomic mass is 16.2. The van der Waals surface area contributed by atoms with Crippen LogP contribution in [-0.2, 0) is 13.5 Å². The molecule has 0 aliphatic carbocycles. The Kier molecular flexibility index (Phi) is 3.67. The molecule has 1 N–H and O–H groups in total. The second kappa shape index (κ2) is 5.23. The van der Waals surface area contributed by atoms with Crippen LogP contribution in [0.5, 0.6) is 0 Å². The van der Waals surface area contributed by atoms with Gasteiger partial charge in [0, 0.05) is 25.5 Å². The Hall–Kier alpha value is -1.81. The van der Waals surface area contributed by atoms with Gasteiger partial charge < -0.3 is 9.67 Å². The molecule has 0 fully saturated rings. The molecular formula is C14H18N2O2. The van der Waals surface area contributed by atoms with Crippen molar-refractivity contribution in [2.45, 2.75) is 19.8 Å². The molecule has 0 atom stereocenters. The predicted molar refractivity (Wildman–Crippen MR) is 71.2 cm³/mol. The maximum Gasteiger partial charge on any atom is 0.332 e. The molecule has 2 aromatic rings. The lowest BCUT2D eigenvalue weighted by molar-refractivity contribution is 0.288. The third kappa shape index (κ3) is 2.24. The Morgan fingerprint density at radius 3 is 2.61 bits per heavy atom. The fourth-order valence-electron chi connectivity index (χ4n) is 2.20. The lowest BCUT2D eigenvalue weighted by atomic mass is 10.1. The zero-order chi connectivity index (χ0) is 13.1. The molecule has 0 spiro atoms. The van der Waals surface area contributed by atoms with Crippen LogP contribution in [0, 0.1) is 6.92 Å². The first-order chi connectivity index (χ1) is 8.65. The molecule has 96 valence electrons. The summed E-state index contributed by atoms with van der Waals surface area (Å²) in [5, 5.41) is 8.93. The minimum atomic E-state index is -0.0380. The van der Waals surface area contributed by atoms with Gasteiger partial charge in [0.1, 0.15) is 0 Å². The van der Waals surface area contributed by atoms with Crippen LogP contribution in [0.3, 0.4) is 0 Å². The zero-order valence-electron chi connectivity index (χ0n) is 10.8. The van der Waals surface area contributed by atoms with Crippen molar-refractivity contribution in [2.75, 3.05) is 6.61 Å². The van der Waals surface area contributed by atoms with E-state index in [1.54, 1.807) is 16.2 Å². The van der Waals surface area contributed by atoms with Gasteiger partial charge in [-0.25, -0.2) is 4.79 Å². The number of benzene rings is 1. The Balaban J connectivity index is 2.53. The van der Waals surface area contributed by atoms with Crippen molar-refractivity contribution in [2.24, 2.45) is 7.05 Å². The third-order valence-corrected chi connectivity index (χ3v) is 3.06. The number of aryl methyl sites for hydroxylation is 3. The number of rotatable bonds is 4. The average Bonchev–Trinajstić information content (AvgIpc) is 2.61. The summed E-state index contributed by atoms with van der Waals surface area (Å²) >= 11 is 0. The van der Waals surface area contributed by atoms with E-state index in [1.165, 1.54) is 0 Å². The van der Waals surface area contributed by atoms with Crippen LogP contribution >= 0.6 is 0 Å². The van der Waals surface area contributed by atoms with Gasteiger partial charge in [-0.3, -0.25) is 4.57 Å². The maximum absolute atomic E-state index is 12.1. The van der Waals surface area contributed by atoms with Crippen LogP contribution in [0.25, 0.3) is 5.69 Å². The summed E-state index contributed by atoms with van der Waals surface area (Å²) in [6, 6.07) is 7.83. The Morgan fingerprint density at radius 1 is 1.28 bits per heavy atom. The van der Waals surface area contributed by atoms with Crippen molar-refractivity contribution < 1.29 is 5.11 Å². The summed E-state index contributed by atoms with van der Waals surface area (Å²) < 4.78 is 3.30. The molecule has 18 heavy (non-hydrogen) atoms. The fourth-order valence-corrected chi connectivity index (χ4v) is 2.20. The average molecular weight is 246 g/mol. The molecule has 0 aliphatic heterocycles. The molecule has 2 rings (SSSR count). The molecule has 0 radical (unpaired) electrons. The van der Waals surface area contributed by atoms with Crippen LogP contribution < -0.4 is 5.69 Å². The number of aliphatic hydroxyl groups is 1. The molecule has 1 aromatic carbocycles. The van der Waals surface area contributed by atoms with E-state index in [0.29, 0.717) is 6.42 Å². The van der Waals surface area contributed by atoms with E-state index >= 15 is 0 Å². The van der Waals surface area contributed by atoms with E-state index in [1.807, 2.05) is 37.4 Å². The largest absolute Gasteiger partial charge is 0.396 e. The van der Waals surface area contributed by atoms with Crippen LogP contribution in [0.1, 0.15) is 17.7 Å². The lowest BCUT2D eigenvalue weighted by Gasteiger charge is -2.10. The molecule has 0 aliphatic rings. The maximum atomic E-state index is 12.1. The van der Waals surface area contributed by atoms with Gasteiger partial charge in [0.15, 0.2) is 0 Å². The van der Waals surface area contributed by atoms with E-state index in [-0.39, 0.29) is 12.3 Å². The van der Waals surface area contributed by atoms with Crippen molar-refractivity contribution in [3.63, 3.8) is 0 Å². The van der Waals surface area contributed by atoms with Gasteiger partial charge in [-0.05, 0) is 31.4 Å². The minimum Gasteiger partial charge on any atom is -0.396 e. The summed E-state index contributed by atoms with van der Waals surface area (Å²) in [7, 11) is 1.75. The second-order valence-corrected chi connectivity index (χ2v) is 4.46. The van der Waals surface area contributed by atoms with Gasteiger partial charge in [-0.2, -0.15) is 0 Å². The van der Waals surface area contributed by atoms with E-state index in [0.717, 1.165) is 23.4 Å². The number of para-hydroxylation sites is 1. The zero-order valence-corrected chi connectivity index (χ0v) is 10.8. The van der Waals surface area contributed by atoms with Gasteiger partial charge in [-0.15, -0.1) is 0 Å². The van der Waals surface area contributed by atoms with Crippen LogP contribution in [0.4, 0.5) is 0 Å². The van der Waals surface area contributed by atoms with Crippen molar-refractivity contribution >= 4 is 0 Å². The molecule has 0 amide bonds. The van der Waals surface area contributed by atoms with E-state index in [9.17, 15) is 4.79 Å². The molecule has 1 heterocycles. The van der Waals surface area contributed by atoms with Crippen LogP contribution in [0.2, 0.25) is 0 Å². The van der Waals surface area contributed by atoms with Crippen molar-refractivity contribution in [1.29, 1.82) is 0 Å². The Morgan fingerprint density at radius 2 is 2.00 bits per heavy atom. The summed E-state index contributed by atoms with van der Waals surface area (Å²) in [6.45, 7) is 2.08. The number of aliphatic hydroxyl groups excluding tert-OH is 1. The fraction of sp³-hybridized carbons (Fsp3) is 0.357. The standard InChI is InChI=1S/C14H18N2O2/c1-11-10-15(2)14(18)16(11)13-8-4-3-6-12(13)7-5-9-17/h3-4,6,8,10,17H,5,7,9H2,1-2H3. The topological polar surface area (TPSA) is 47.2 Å². The smallest absolute Gasteiger partial charge is 0.332 e. The minimum absolute atomic E-state index is 0.0380. The SMILES string of the molecule is Cc1cn(C)c(=O)n1-c1ccccc1CCCO. The number of hydrogen-bond donors (Lipinski definition) is 1. The molecule has 4 nitrogen and oxygen atoms in total. The summed E-state index contributed by atoms with van der Waals surface area (Å²) in [6.07, 6.45) is 3.30. The van der Waals surface area contributed by atoms with E-state index in [2.05, 4.69) is 0 Å². The molecular weight excluding hydrogens is 228 g/mol. The van der Waals surface area contributed by atoms with E-state index in [4.69, 9.17) is 5.11 Å².